The summed E-state index contributed by atoms with van der Waals surface area (Å²) in [5.74, 6) is -1.01. The summed E-state index contributed by atoms with van der Waals surface area (Å²) in [5.41, 5.74) is 1.16. The zero-order valence-electron chi connectivity index (χ0n) is 10.2. The third kappa shape index (κ3) is 2.46. The molecule has 0 aliphatic carbocycles. The van der Waals surface area contributed by atoms with Crippen molar-refractivity contribution in [3.63, 3.8) is 0 Å². The van der Waals surface area contributed by atoms with E-state index in [9.17, 15) is 8.78 Å². The van der Waals surface area contributed by atoms with Crippen molar-refractivity contribution in [1.29, 1.82) is 0 Å². The summed E-state index contributed by atoms with van der Waals surface area (Å²) in [5, 5.41) is 3.31. The van der Waals surface area contributed by atoms with Gasteiger partial charge in [0.05, 0.1) is 11.7 Å². The van der Waals surface area contributed by atoms with E-state index in [1.165, 1.54) is 6.07 Å². The van der Waals surface area contributed by atoms with Gasteiger partial charge in [-0.05, 0) is 43.7 Å². The molecule has 2 heterocycles. The minimum Gasteiger partial charge on any atom is -0.307 e. The van der Waals surface area contributed by atoms with E-state index in [-0.39, 0.29) is 6.04 Å². The predicted octanol–water partition coefficient (Wildman–Crippen LogP) is 2.85. The molecule has 98 valence electrons. The Hall–Kier alpha value is -1.88. The number of rotatable bonds is 2. The fourth-order valence-corrected chi connectivity index (χ4v) is 2.26. The van der Waals surface area contributed by atoms with Gasteiger partial charge in [0.15, 0.2) is 11.6 Å². The lowest BCUT2D eigenvalue weighted by Crippen LogP contribution is -2.15. The van der Waals surface area contributed by atoms with E-state index in [1.54, 1.807) is 12.3 Å². The molecule has 1 N–H and O–H groups in total. The molecule has 0 amide bonds. The van der Waals surface area contributed by atoms with Crippen LogP contribution in [-0.2, 0) is 0 Å². The van der Waals surface area contributed by atoms with E-state index in [0.717, 1.165) is 31.5 Å². The van der Waals surface area contributed by atoms with Gasteiger partial charge in [0, 0.05) is 11.8 Å². The second kappa shape index (κ2) is 5.01. The fourth-order valence-electron chi connectivity index (χ4n) is 2.26. The second-order valence-electron chi connectivity index (χ2n) is 4.58. The number of benzene rings is 1. The van der Waals surface area contributed by atoms with Crippen LogP contribution < -0.4 is 5.32 Å². The van der Waals surface area contributed by atoms with Gasteiger partial charge >= 0.3 is 0 Å². The summed E-state index contributed by atoms with van der Waals surface area (Å²) < 4.78 is 26.2. The van der Waals surface area contributed by atoms with Crippen molar-refractivity contribution in [2.24, 2.45) is 0 Å². The van der Waals surface area contributed by atoms with Crippen molar-refractivity contribution in [2.75, 3.05) is 6.54 Å². The first kappa shape index (κ1) is 12.2. The van der Waals surface area contributed by atoms with Crippen molar-refractivity contribution < 1.29 is 8.78 Å². The molecule has 3 rings (SSSR count). The first-order valence-corrected chi connectivity index (χ1v) is 6.26. The number of halogens is 2. The van der Waals surface area contributed by atoms with Gasteiger partial charge < -0.3 is 5.32 Å². The summed E-state index contributed by atoms with van der Waals surface area (Å²) in [6, 6.07) is 5.65. The van der Waals surface area contributed by atoms with Crippen LogP contribution in [0.3, 0.4) is 0 Å². The van der Waals surface area contributed by atoms with E-state index in [1.807, 2.05) is 0 Å². The molecule has 0 saturated carbocycles. The van der Waals surface area contributed by atoms with Crippen molar-refractivity contribution in [1.82, 2.24) is 15.3 Å². The zero-order chi connectivity index (χ0) is 13.2. The molecule has 5 heteroatoms. The molecule has 1 unspecified atom stereocenters. The van der Waals surface area contributed by atoms with E-state index in [0.29, 0.717) is 17.1 Å². The topological polar surface area (TPSA) is 37.8 Å². The molecule has 1 aliphatic rings. The Kier molecular flexibility index (Phi) is 3.21. The average Bonchev–Trinajstić information content (AvgIpc) is 2.96. The number of hydrogen-bond donors (Lipinski definition) is 1. The molecular formula is C14H13F2N3. The van der Waals surface area contributed by atoms with E-state index in [2.05, 4.69) is 15.3 Å². The van der Waals surface area contributed by atoms with Crippen molar-refractivity contribution in [2.45, 2.75) is 18.9 Å². The summed E-state index contributed by atoms with van der Waals surface area (Å²) in [6.07, 6.45) is 3.75. The number of nitrogens with one attached hydrogen (secondary N) is 1. The van der Waals surface area contributed by atoms with E-state index >= 15 is 0 Å². The summed E-state index contributed by atoms with van der Waals surface area (Å²) in [7, 11) is 0. The molecule has 0 bridgehead atoms. The highest BCUT2D eigenvalue weighted by atomic mass is 19.2. The van der Waals surface area contributed by atoms with Crippen LogP contribution in [0.5, 0.6) is 0 Å². The monoisotopic (exact) mass is 261 g/mol. The minimum atomic E-state index is -0.864. The standard InChI is InChI=1S/C14H13F2N3/c15-10-4-3-9(8-11(10)16)12-5-7-18-14(19-12)13-2-1-6-17-13/h3-5,7-8,13,17H,1-2,6H2. The average molecular weight is 261 g/mol. The Morgan fingerprint density at radius 3 is 2.79 bits per heavy atom. The molecule has 19 heavy (non-hydrogen) atoms. The molecular weight excluding hydrogens is 248 g/mol. The van der Waals surface area contributed by atoms with Crippen LogP contribution >= 0.6 is 0 Å². The molecule has 2 aromatic rings. The first-order chi connectivity index (χ1) is 9.24. The van der Waals surface area contributed by atoms with Gasteiger partial charge in [-0.2, -0.15) is 0 Å². The molecule has 0 radical (unpaired) electrons. The minimum absolute atomic E-state index is 0.158. The number of hydrogen-bond acceptors (Lipinski definition) is 3. The second-order valence-corrected chi connectivity index (χ2v) is 4.58. The molecule has 0 spiro atoms. The first-order valence-electron chi connectivity index (χ1n) is 6.26. The molecule has 1 aromatic heterocycles. The lowest BCUT2D eigenvalue weighted by Gasteiger charge is -2.10. The van der Waals surface area contributed by atoms with Gasteiger partial charge in [-0.3, -0.25) is 0 Å². The molecule has 1 saturated heterocycles. The maximum Gasteiger partial charge on any atom is 0.159 e. The maximum atomic E-state index is 13.2. The van der Waals surface area contributed by atoms with Crippen LogP contribution in [0.4, 0.5) is 8.78 Å². The number of nitrogens with zero attached hydrogens (tertiary/aromatic N) is 2. The lowest BCUT2D eigenvalue weighted by molar-refractivity contribution is 0.509. The third-order valence-corrected chi connectivity index (χ3v) is 3.26. The summed E-state index contributed by atoms with van der Waals surface area (Å²) >= 11 is 0. The van der Waals surface area contributed by atoms with Crippen LogP contribution in [0.25, 0.3) is 11.3 Å². The Morgan fingerprint density at radius 2 is 2.05 bits per heavy atom. The van der Waals surface area contributed by atoms with Gasteiger partial charge in [0.1, 0.15) is 5.82 Å². The molecule has 3 nitrogen and oxygen atoms in total. The van der Waals surface area contributed by atoms with Crippen LogP contribution in [0.15, 0.2) is 30.5 Å². The largest absolute Gasteiger partial charge is 0.307 e. The maximum absolute atomic E-state index is 13.2. The van der Waals surface area contributed by atoms with Crippen LogP contribution in [0, 0.1) is 11.6 Å². The molecule has 1 aromatic carbocycles. The third-order valence-electron chi connectivity index (χ3n) is 3.26. The summed E-state index contributed by atoms with van der Waals surface area (Å²) in [4.78, 5) is 8.68. The van der Waals surface area contributed by atoms with Crippen molar-refractivity contribution >= 4 is 0 Å². The van der Waals surface area contributed by atoms with Gasteiger partial charge in [-0.15, -0.1) is 0 Å². The molecule has 1 aliphatic heterocycles. The van der Waals surface area contributed by atoms with Gasteiger partial charge in [-0.25, -0.2) is 18.7 Å². The van der Waals surface area contributed by atoms with Crippen LogP contribution in [0.1, 0.15) is 24.7 Å². The van der Waals surface area contributed by atoms with E-state index < -0.39 is 11.6 Å². The summed E-state index contributed by atoms with van der Waals surface area (Å²) in [6.45, 7) is 0.962. The highest BCUT2D eigenvalue weighted by molar-refractivity contribution is 5.58. The van der Waals surface area contributed by atoms with Crippen LogP contribution in [0.2, 0.25) is 0 Å². The van der Waals surface area contributed by atoms with Gasteiger partial charge in [0.25, 0.3) is 0 Å². The quantitative estimate of drug-likeness (QED) is 0.903. The molecule has 1 fully saturated rings. The highest BCUT2D eigenvalue weighted by Crippen LogP contribution is 2.23. The zero-order valence-corrected chi connectivity index (χ0v) is 10.2. The van der Waals surface area contributed by atoms with Crippen molar-refractivity contribution in [3.8, 4) is 11.3 Å². The normalized spacial score (nSPS) is 18.7. The van der Waals surface area contributed by atoms with Crippen LogP contribution in [-0.4, -0.2) is 16.5 Å². The Morgan fingerprint density at radius 1 is 1.16 bits per heavy atom. The Balaban J connectivity index is 1.95. The Labute approximate surface area is 109 Å². The Bertz CT molecular complexity index is 595. The molecule has 1 atom stereocenters. The lowest BCUT2D eigenvalue weighted by atomic mass is 10.1. The van der Waals surface area contributed by atoms with E-state index in [4.69, 9.17) is 0 Å². The fraction of sp³-hybridized carbons (Fsp3) is 0.286. The highest BCUT2D eigenvalue weighted by Gasteiger charge is 2.19. The van der Waals surface area contributed by atoms with Gasteiger partial charge in [0.2, 0.25) is 0 Å². The smallest absolute Gasteiger partial charge is 0.159 e. The van der Waals surface area contributed by atoms with Crippen molar-refractivity contribution in [3.05, 3.63) is 47.9 Å². The predicted molar refractivity (Wildman–Crippen MR) is 67.4 cm³/mol. The van der Waals surface area contributed by atoms with Gasteiger partial charge in [-0.1, -0.05) is 0 Å². The SMILES string of the molecule is Fc1ccc(-c2ccnc(C3CCCN3)n2)cc1F. The number of aromatic nitrogens is 2.